The number of para-hydroxylation sites is 2. The Balaban J connectivity index is 1.26. The molecule has 0 spiro atoms. The molecule has 0 bridgehead atoms. The quantitative estimate of drug-likeness (QED) is 0.141. The van der Waals surface area contributed by atoms with Crippen molar-refractivity contribution in [2.75, 3.05) is 10.6 Å². The molecule has 0 unspecified atom stereocenters. The number of nitrogens with one attached hydrogen (secondary N) is 2. The van der Waals surface area contributed by atoms with Gasteiger partial charge in [-0.25, -0.2) is 0 Å². The van der Waals surface area contributed by atoms with E-state index in [1.165, 1.54) is 0 Å². The lowest BCUT2D eigenvalue weighted by atomic mass is 9.76. The van der Waals surface area contributed by atoms with Crippen LogP contribution in [0.1, 0.15) is 33.4 Å². The van der Waals surface area contributed by atoms with Crippen LogP contribution in [-0.2, 0) is 11.1 Å². The number of anilines is 2. The maximum absolute atomic E-state index is 7.10. The molecule has 1 aromatic heterocycles. The summed E-state index contributed by atoms with van der Waals surface area (Å²) < 4.78 is 7.10. The van der Waals surface area contributed by atoms with Crippen LogP contribution in [0.2, 0.25) is 0 Å². The Bertz CT molecular complexity index is 2210. The van der Waals surface area contributed by atoms with Gasteiger partial charge >= 0.3 is 0 Å². The molecule has 0 aliphatic heterocycles. The van der Waals surface area contributed by atoms with E-state index in [2.05, 4.69) is 229 Å². The van der Waals surface area contributed by atoms with Gasteiger partial charge < -0.3 is 15.1 Å². The molecule has 0 radical (unpaired) electrons. The fourth-order valence-electron chi connectivity index (χ4n) is 7.98. The Kier molecular flexibility index (Phi) is 8.30. The topological polar surface area (TPSA) is 37.2 Å². The van der Waals surface area contributed by atoms with Crippen LogP contribution in [0.25, 0.3) is 21.9 Å². The molecule has 2 N–H and O–H groups in total. The van der Waals surface area contributed by atoms with Crippen molar-refractivity contribution in [2.45, 2.75) is 11.1 Å². The Morgan fingerprint density at radius 3 is 0.755 bits per heavy atom. The predicted octanol–water partition coefficient (Wildman–Crippen LogP) is 12.4. The van der Waals surface area contributed by atoms with Crippen molar-refractivity contribution in [1.29, 1.82) is 0 Å². The van der Waals surface area contributed by atoms with Crippen LogP contribution in [0, 0.1) is 0 Å². The van der Waals surface area contributed by atoms with E-state index in [4.69, 9.17) is 4.42 Å². The average molecular weight is 683 g/mol. The number of furan rings is 1. The van der Waals surface area contributed by atoms with Gasteiger partial charge in [-0.15, -0.1) is 0 Å². The van der Waals surface area contributed by atoms with Gasteiger partial charge in [0.2, 0.25) is 0 Å². The highest BCUT2D eigenvalue weighted by Crippen LogP contribution is 2.46. The monoisotopic (exact) mass is 682 g/mol. The molecule has 9 aromatic rings. The predicted molar refractivity (Wildman–Crippen MR) is 219 cm³/mol. The molecule has 53 heavy (non-hydrogen) atoms. The maximum Gasteiger partial charge on any atom is 0.158 e. The van der Waals surface area contributed by atoms with Crippen molar-refractivity contribution in [1.82, 2.24) is 0 Å². The Labute approximate surface area is 310 Å². The fraction of sp³-hybridized carbons (Fsp3) is 0.0400. The first-order valence-corrected chi connectivity index (χ1v) is 18.1. The summed E-state index contributed by atoms with van der Waals surface area (Å²) in [7, 11) is 0. The van der Waals surface area contributed by atoms with Crippen LogP contribution in [0.4, 0.5) is 11.4 Å². The van der Waals surface area contributed by atoms with E-state index in [1.807, 2.05) is 0 Å². The fourth-order valence-corrected chi connectivity index (χ4v) is 7.98. The molecule has 254 valence electrons. The van der Waals surface area contributed by atoms with E-state index in [0.717, 1.165) is 66.7 Å². The second kappa shape index (κ2) is 13.7. The van der Waals surface area contributed by atoms with E-state index in [1.54, 1.807) is 0 Å². The van der Waals surface area contributed by atoms with Crippen LogP contribution < -0.4 is 10.6 Å². The van der Waals surface area contributed by atoms with Crippen LogP contribution in [0.3, 0.4) is 0 Å². The first-order valence-electron chi connectivity index (χ1n) is 18.1. The van der Waals surface area contributed by atoms with Crippen molar-refractivity contribution >= 4 is 33.3 Å². The van der Waals surface area contributed by atoms with Gasteiger partial charge in [0.05, 0.1) is 11.4 Å². The highest BCUT2D eigenvalue weighted by Gasteiger charge is 2.39. The number of rotatable bonds is 10. The minimum Gasteiger partial charge on any atom is -0.452 e. The van der Waals surface area contributed by atoms with Gasteiger partial charge in [0, 0.05) is 10.8 Å². The van der Waals surface area contributed by atoms with Crippen molar-refractivity contribution in [2.24, 2.45) is 0 Å². The van der Waals surface area contributed by atoms with Gasteiger partial charge in [0.1, 0.15) is 11.1 Å². The van der Waals surface area contributed by atoms with Crippen molar-refractivity contribution < 1.29 is 4.42 Å². The summed E-state index contributed by atoms with van der Waals surface area (Å²) in [6, 6.07) is 76.9. The van der Waals surface area contributed by atoms with E-state index in [0.29, 0.717) is 0 Å². The van der Waals surface area contributed by atoms with Crippen molar-refractivity contribution in [3.8, 4) is 0 Å². The summed E-state index contributed by atoms with van der Waals surface area (Å²) in [5, 5.41) is 10.2. The molecule has 0 aliphatic rings. The Morgan fingerprint density at radius 2 is 0.509 bits per heavy atom. The Morgan fingerprint density at radius 1 is 0.264 bits per heavy atom. The highest BCUT2D eigenvalue weighted by atomic mass is 16.3. The standard InChI is InChI=1S/C50H38N2O/c1-7-21-37(22-8-1)49(38-23-9-2-10-24-38,39-25-11-3-12-26-39)51-45-35-19-33-43-44-34-20-36-46(48(44)53-47(43)45)52-50(40-27-13-4-14-28-40,41-29-15-5-16-30-41)42-31-17-6-18-32-42/h1-36,51-52H. The summed E-state index contributed by atoms with van der Waals surface area (Å²) >= 11 is 0. The summed E-state index contributed by atoms with van der Waals surface area (Å²) in [6.45, 7) is 0. The molecular formula is C50H38N2O. The number of fused-ring (bicyclic) bond motifs is 3. The van der Waals surface area contributed by atoms with Crippen LogP contribution in [-0.4, -0.2) is 0 Å². The molecule has 0 fully saturated rings. The number of hydrogen-bond acceptors (Lipinski definition) is 3. The zero-order chi connectivity index (χ0) is 35.5. The maximum atomic E-state index is 7.10. The Hall–Kier alpha value is -6.84. The van der Waals surface area contributed by atoms with E-state index in [-0.39, 0.29) is 0 Å². The molecule has 0 amide bonds. The first-order chi connectivity index (χ1) is 26.3. The summed E-state index contributed by atoms with van der Waals surface area (Å²) in [4.78, 5) is 0. The lowest BCUT2D eigenvalue weighted by Gasteiger charge is -2.38. The normalized spacial score (nSPS) is 11.8. The van der Waals surface area contributed by atoms with Gasteiger partial charge in [-0.3, -0.25) is 0 Å². The molecule has 8 aromatic carbocycles. The first kappa shape index (κ1) is 32.1. The van der Waals surface area contributed by atoms with Crippen LogP contribution in [0.15, 0.2) is 223 Å². The minimum absolute atomic E-state index is 0.707. The van der Waals surface area contributed by atoms with E-state index in [9.17, 15) is 0 Å². The van der Waals surface area contributed by atoms with Gasteiger partial charge in [0.15, 0.2) is 11.2 Å². The molecule has 0 saturated carbocycles. The van der Waals surface area contributed by atoms with Gasteiger partial charge in [-0.2, -0.15) is 0 Å². The number of benzene rings is 8. The summed E-state index contributed by atoms with van der Waals surface area (Å²) in [5.74, 6) is 0. The second-order valence-electron chi connectivity index (χ2n) is 13.4. The third-order valence-electron chi connectivity index (χ3n) is 10.4. The molecule has 0 aliphatic carbocycles. The van der Waals surface area contributed by atoms with E-state index >= 15 is 0 Å². The van der Waals surface area contributed by atoms with Gasteiger partial charge in [0.25, 0.3) is 0 Å². The average Bonchev–Trinajstić information content (AvgIpc) is 3.64. The summed E-state index contributed by atoms with van der Waals surface area (Å²) in [5.41, 5.74) is 8.78. The van der Waals surface area contributed by atoms with Crippen LogP contribution in [0.5, 0.6) is 0 Å². The third kappa shape index (κ3) is 5.55. The second-order valence-corrected chi connectivity index (χ2v) is 13.4. The lowest BCUT2D eigenvalue weighted by molar-refractivity contribution is 0.656. The molecule has 3 heteroatoms. The minimum atomic E-state index is -0.707. The molecular weight excluding hydrogens is 645 g/mol. The number of hydrogen-bond donors (Lipinski definition) is 2. The van der Waals surface area contributed by atoms with Gasteiger partial charge in [-0.1, -0.05) is 206 Å². The summed E-state index contributed by atoms with van der Waals surface area (Å²) in [6.07, 6.45) is 0. The molecule has 1 heterocycles. The smallest absolute Gasteiger partial charge is 0.158 e. The SMILES string of the molecule is c1ccc(C(Nc2cccc3c2oc2c(NC(c4ccccc4)(c4ccccc4)c4ccccc4)cccc23)(c2ccccc2)c2ccccc2)cc1. The van der Waals surface area contributed by atoms with Crippen LogP contribution >= 0.6 is 0 Å². The largest absolute Gasteiger partial charge is 0.452 e. The molecule has 9 rings (SSSR count). The lowest BCUT2D eigenvalue weighted by Crippen LogP contribution is -2.38. The molecule has 0 saturated heterocycles. The zero-order valence-corrected chi connectivity index (χ0v) is 29.2. The molecule has 0 atom stereocenters. The molecule has 3 nitrogen and oxygen atoms in total. The zero-order valence-electron chi connectivity index (χ0n) is 29.2. The van der Waals surface area contributed by atoms with Crippen molar-refractivity contribution in [3.05, 3.63) is 252 Å². The third-order valence-corrected chi connectivity index (χ3v) is 10.4. The van der Waals surface area contributed by atoms with Gasteiger partial charge in [-0.05, 0) is 45.5 Å². The van der Waals surface area contributed by atoms with E-state index < -0.39 is 11.1 Å². The van der Waals surface area contributed by atoms with Crippen molar-refractivity contribution in [3.63, 3.8) is 0 Å². The highest BCUT2D eigenvalue weighted by molar-refractivity contribution is 6.12.